The summed E-state index contributed by atoms with van der Waals surface area (Å²) in [5, 5.41) is 14.1. The van der Waals surface area contributed by atoms with Gasteiger partial charge in [0.2, 0.25) is 0 Å². The Balaban J connectivity index is 2.30. The van der Waals surface area contributed by atoms with E-state index in [1.54, 1.807) is 14.2 Å². The monoisotopic (exact) mass is 295 g/mol. The van der Waals surface area contributed by atoms with Crippen molar-refractivity contribution >= 4 is 17.2 Å². The molecule has 0 aliphatic heterocycles. The number of amidine groups is 1. The van der Waals surface area contributed by atoms with Gasteiger partial charge in [0.15, 0.2) is 16.6 Å². The molecule has 1 heterocycles. The summed E-state index contributed by atoms with van der Waals surface area (Å²) in [7, 11) is 3.25. The minimum Gasteiger partial charge on any atom is -0.497 e. The number of nitrogens with zero attached hydrogens (tertiary/aromatic N) is 2. The first-order chi connectivity index (χ1) is 9.62. The number of hydrogen-bond donors (Lipinski definition) is 2. The van der Waals surface area contributed by atoms with E-state index in [2.05, 4.69) is 17.1 Å². The summed E-state index contributed by atoms with van der Waals surface area (Å²) in [6.45, 7) is 2.05. The van der Waals surface area contributed by atoms with Gasteiger partial charge in [-0.1, -0.05) is 18.2 Å². The molecule has 2 rings (SSSR count). The van der Waals surface area contributed by atoms with Crippen LogP contribution in [0.2, 0.25) is 0 Å². The van der Waals surface area contributed by atoms with Gasteiger partial charge in [-0.05, 0) is 6.08 Å². The highest BCUT2D eigenvalue weighted by molar-refractivity contribution is 7.11. The Morgan fingerprint density at radius 2 is 2.20 bits per heavy atom. The first kappa shape index (κ1) is 14.4. The normalized spacial score (nSPS) is 23.1. The Labute approximate surface area is 121 Å². The van der Waals surface area contributed by atoms with Gasteiger partial charge in [-0.3, -0.25) is 0 Å². The number of hydrogen-bond acceptors (Lipinski definition) is 6. The van der Waals surface area contributed by atoms with Crippen LogP contribution in [0, 0.1) is 5.92 Å². The molecule has 0 amide bonds. The highest BCUT2D eigenvalue weighted by Gasteiger charge is 2.29. The van der Waals surface area contributed by atoms with Gasteiger partial charge in [-0.25, -0.2) is 4.98 Å². The third kappa shape index (κ3) is 2.49. The molecule has 0 saturated carbocycles. The van der Waals surface area contributed by atoms with E-state index in [0.717, 1.165) is 17.2 Å². The Hall–Kier alpha value is -2.02. The fourth-order valence-corrected chi connectivity index (χ4v) is 3.00. The van der Waals surface area contributed by atoms with Crippen molar-refractivity contribution in [2.24, 2.45) is 16.8 Å². The SMILES string of the molecule is COC1=C(OC)C(C)C(c2csc(/C(N)=N/O)n2)C=C1. The van der Waals surface area contributed by atoms with Gasteiger partial charge >= 0.3 is 0 Å². The predicted molar refractivity (Wildman–Crippen MR) is 76.7 cm³/mol. The summed E-state index contributed by atoms with van der Waals surface area (Å²) in [5.41, 5.74) is 6.41. The highest BCUT2D eigenvalue weighted by Crippen LogP contribution is 2.37. The van der Waals surface area contributed by atoms with Crippen LogP contribution in [-0.2, 0) is 9.47 Å². The summed E-state index contributed by atoms with van der Waals surface area (Å²) < 4.78 is 10.7. The van der Waals surface area contributed by atoms with E-state index in [1.165, 1.54) is 11.3 Å². The summed E-state index contributed by atoms with van der Waals surface area (Å²) >= 11 is 1.34. The molecule has 0 radical (unpaired) electrons. The molecule has 1 aromatic heterocycles. The van der Waals surface area contributed by atoms with Crippen LogP contribution < -0.4 is 5.73 Å². The van der Waals surface area contributed by atoms with E-state index in [1.807, 2.05) is 17.5 Å². The van der Waals surface area contributed by atoms with Crippen LogP contribution in [0.25, 0.3) is 0 Å². The summed E-state index contributed by atoms with van der Waals surface area (Å²) in [5.74, 6) is 1.71. The number of aromatic nitrogens is 1. The standard InChI is InChI=1S/C13H17N3O3S/c1-7-8(4-5-10(18-2)11(7)19-3)9-6-20-13(15-9)12(14)16-17/h4-8,17H,1-3H3,(H2,14,16). The van der Waals surface area contributed by atoms with Crippen LogP contribution in [0.1, 0.15) is 23.5 Å². The van der Waals surface area contributed by atoms with Crippen molar-refractivity contribution < 1.29 is 14.7 Å². The Morgan fingerprint density at radius 3 is 2.80 bits per heavy atom. The number of methoxy groups -OCH3 is 2. The van der Waals surface area contributed by atoms with E-state index in [-0.39, 0.29) is 17.7 Å². The first-order valence-corrected chi connectivity index (χ1v) is 6.94. The molecule has 2 unspecified atom stereocenters. The Bertz CT molecular complexity index is 577. The topological polar surface area (TPSA) is 90.0 Å². The molecule has 0 saturated heterocycles. The van der Waals surface area contributed by atoms with Gasteiger partial charge in [0.25, 0.3) is 0 Å². The third-order valence-corrected chi connectivity index (χ3v) is 4.16. The third-order valence-electron chi connectivity index (χ3n) is 3.28. The first-order valence-electron chi connectivity index (χ1n) is 6.06. The number of rotatable bonds is 4. The van der Waals surface area contributed by atoms with E-state index in [9.17, 15) is 0 Å². The van der Waals surface area contributed by atoms with Crippen molar-refractivity contribution in [2.75, 3.05) is 14.2 Å². The second kappa shape index (κ2) is 5.96. The van der Waals surface area contributed by atoms with Gasteiger partial charge in [0, 0.05) is 17.2 Å². The second-order valence-electron chi connectivity index (χ2n) is 4.37. The van der Waals surface area contributed by atoms with E-state index in [0.29, 0.717) is 5.01 Å². The number of oxime groups is 1. The van der Waals surface area contributed by atoms with E-state index < -0.39 is 0 Å². The molecule has 7 heteroatoms. The van der Waals surface area contributed by atoms with E-state index >= 15 is 0 Å². The average Bonchev–Trinajstić information content (AvgIpc) is 2.95. The molecule has 0 aromatic carbocycles. The molecular formula is C13H17N3O3S. The Morgan fingerprint density at radius 1 is 1.45 bits per heavy atom. The number of ether oxygens (including phenoxy) is 2. The molecule has 1 aliphatic rings. The fraction of sp³-hybridized carbons (Fsp3) is 0.385. The zero-order chi connectivity index (χ0) is 14.7. The van der Waals surface area contributed by atoms with Crippen molar-refractivity contribution in [1.82, 2.24) is 4.98 Å². The van der Waals surface area contributed by atoms with Crippen molar-refractivity contribution in [3.63, 3.8) is 0 Å². The lowest BCUT2D eigenvalue weighted by atomic mass is 9.85. The molecule has 1 aromatic rings. The van der Waals surface area contributed by atoms with Crippen LogP contribution in [0.3, 0.4) is 0 Å². The minimum atomic E-state index is 0.0220. The lowest BCUT2D eigenvalue weighted by molar-refractivity contribution is 0.190. The molecular weight excluding hydrogens is 278 g/mol. The average molecular weight is 295 g/mol. The van der Waals surface area contributed by atoms with Crippen LogP contribution in [0.5, 0.6) is 0 Å². The summed E-state index contributed by atoms with van der Waals surface area (Å²) in [6, 6.07) is 0. The highest BCUT2D eigenvalue weighted by atomic mass is 32.1. The molecule has 20 heavy (non-hydrogen) atoms. The fourth-order valence-electron chi connectivity index (χ4n) is 2.24. The van der Waals surface area contributed by atoms with Crippen LogP contribution in [0.15, 0.2) is 34.2 Å². The summed E-state index contributed by atoms with van der Waals surface area (Å²) in [4.78, 5) is 4.41. The molecule has 6 nitrogen and oxygen atoms in total. The van der Waals surface area contributed by atoms with Gasteiger partial charge in [-0.15, -0.1) is 11.3 Å². The maximum atomic E-state index is 8.68. The number of nitrogens with two attached hydrogens (primary N) is 1. The molecule has 1 aliphatic carbocycles. The maximum Gasteiger partial charge on any atom is 0.199 e. The largest absolute Gasteiger partial charge is 0.497 e. The molecule has 108 valence electrons. The lowest BCUT2D eigenvalue weighted by Crippen LogP contribution is -2.18. The quantitative estimate of drug-likeness (QED) is 0.384. The van der Waals surface area contributed by atoms with Crippen LogP contribution in [-0.4, -0.2) is 30.2 Å². The Kier molecular flexibility index (Phi) is 4.29. The number of thiazole rings is 1. The van der Waals surface area contributed by atoms with E-state index in [4.69, 9.17) is 20.4 Å². The molecule has 0 bridgehead atoms. The van der Waals surface area contributed by atoms with Crippen molar-refractivity contribution in [3.05, 3.63) is 39.8 Å². The van der Waals surface area contributed by atoms with Gasteiger partial charge in [0.1, 0.15) is 5.76 Å². The predicted octanol–water partition coefficient (Wildman–Crippen LogP) is 2.03. The van der Waals surface area contributed by atoms with Crippen molar-refractivity contribution in [1.29, 1.82) is 0 Å². The maximum absolute atomic E-state index is 8.68. The molecule has 0 spiro atoms. The van der Waals surface area contributed by atoms with Crippen molar-refractivity contribution in [2.45, 2.75) is 12.8 Å². The minimum absolute atomic E-state index is 0.0220. The van der Waals surface area contributed by atoms with Gasteiger partial charge in [-0.2, -0.15) is 0 Å². The van der Waals surface area contributed by atoms with Crippen LogP contribution in [0.4, 0.5) is 0 Å². The summed E-state index contributed by atoms with van der Waals surface area (Å²) in [6.07, 6.45) is 3.91. The molecule has 2 atom stereocenters. The van der Waals surface area contributed by atoms with Gasteiger partial charge in [0.05, 0.1) is 19.9 Å². The molecule has 0 fully saturated rings. The van der Waals surface area contributed by atoms with Crippen molar-refractivity contribution in [3.8, 4) is 0 Å². The van der Waals surface area contributed by atoms with Gasteiger partial charge < -0.3 is 20.4 Å². The number of allylic oxidation sites excluding steroid dienone is 3. The zero-order valence-electron chi connectivity index (χ0n) is 11.5. The lowest BCUT2D eigenvalue weighted by Gasteiger charge is -2.26. The molecule has 3 N–H and O–H groups in total. The zero-order valence-corrected chi connectivity index (χ0v) is 12.3. The van der Waals surface area contributed by atoms with Crippen LogP contribution >= 0.6 is 11.3 Å². The smallest absolute Gasteiger partial charge is 0.199 e. The second-order valence-corrected chi connectivity index (χ2v) is 5.23.